The summed E-state index contributed by atoms with van der Waals surface area (Å²) >= 11 is 0. The number of hydrogen-bond donors (Lipinski definition) is 0. The van der Waals surface area contributed by atoms with E-state index in [1.807, 2.05) is 0 Å². The Morgan fingerprint density at radius 1 is 0.467 bits per heavy atom. The van der Waals surface area contributed by atoms with Gasteiger partial charge in [0, 0.05) is 0 Å². The molecule has 0 spiro atoms. The van der Waals surface area contributed by atoms with E-state index < -0.39 is 10.7 Å². The molecule has 0 aliphatic carbocycles. The maximum absolute atomic E-state index is 8.58. The van der Waals surface area contributed by atoms with Gasteiger partial charge >= 0.3 is 111 Å². The first-order valence-corrected chi connectivity index (χ1v) is 6.02. The number of rotatable bonds is 0. The van der Waals surface area contributed by atoms with Crippen LogP contribution < -0.4 is 0 Å². The molecule has 0 aliphatic rings. The van der Waals surface area contributed by atoms with Crippen molar-refractivity contribution in [1.82, 2.24) is 0 Å². The van der Waals surface area contributed by atoms with Gasteiger partial charge in [-0.3, -0.25) is 0 Å². The van der Waals surface area contributed by atoms with Crippen LogP contribution in [0.25, 0.3) is 0 Å². The molecule has 0 radical (unpaired) electrons. The van der Waals surface area contributed by atoms with Crippen molar-refractivity contribution in [2.24, 2.45) is 0 Å². The molecule has 15 heavy (non-hydrogen) atoms. The molecule has 0 aromatic heterocycles. The molecule has 0 bridgehead atoms. The van der Waals surface area contributed by atoms with Crippen LogP contribution in [0.3, 0.4) is 0 Å². The zero-order valence-corrected chi connectivity index (χ0v) is 14.6. The number of nitrogens with zero attached hydrogens (tertiary/aromatic N) is 6. The van der Waals surface area contributed by atoms with Gasteiger partial charge in [0.15, 0.2) is 0 Å². The van der Waals surface area contributed by atoms with Crippen molar-refractivity contribution in [2.75, 3.05) is 0 Å². The van der Waals surface area contributed by atoms with Gasteiger partial charge in [-0.2, -0.15) is 0 Å². The SMILES string of the molecule is N#[C][Mn-4]([C]#N)([C]#N)([C]#N)([C]#N)[C]#N.[Zn+2].[Zn+2]. The Balaban J connectivity index is -0.000000720. The van der Waals surface area contributed by atoms with Gasteiger partial charge in [0.1, 0.15) is 0 Å². The summed E-state index contributed by atoms with van der Waals surface area (Å²) in [5, 5.41) is 51.5. The van der Waals surface area contributed by atoms with Crippen molar-refractivity contribution < 1.29 is 49.7 Å². The summed E-state index contributed by atoms with van der Waals surface area (Å²) in [5.41, 5.74) is 0. The van der Waals surface area contributed by atoms with Crippen molar-refractivity contribution in [3.8, 4) is 29.8 Å². The minimum absolute atomic E-state index is 0. The zero-order chi connectivity index (χ0) is 10.7. The maximum Gasteiger partial charge on any atom is 2.00 e. The van der Waals surface area contributed by atoms with Gasteiger partial charge in [-0.1, -0.05) is 0 Å². The summed E-state index contributed by atoms with van der Waals surface area (Å²) in [6.45, 7) is 0. The second-order valence-corrected chi connectivity index (χ2v) is 7.93. The van der Waals surface area contributed by atoms with Gasteiger partial charge in [-0.15, -0.1) is 0 Å². The fourth-order valence-corrected chi connectivity index (χ4v) is 1.17. The quantitative estimate of drug-likeness (QED) is 0.571. The molecule has 0 aromatic rings. The molecule has 0 heterocycles. The molecule has 0 saturated heterocycles. The van der Waals surface area contributed by atoms with Crippen molar-refractivity contribution in [3.63, 3.8) is 0 Å². The molecule has 6 nitrogen and oxygen atoms in total. The Labute approximate surface area is 110 Å². The third kappa shape index (κ3) is 1.77. The molecule has 0 atom stereocenters. The van der Waals surface area contributed by atoms with E-state index >= 15 is 0 Å². The molecule has 9 heteroatoms. The molecule has 0 rings (SSSR count). The van der Waals surface area contributed by atoms with Gasteiger partial charge in [-0.05, 0) is 0 Å². The third-order valence-electron chi connectivity index (χ3n) is 1.27. The van der Waals surface area contributed by atoms with E-state index in [9.17, 15) is 0 Å². The first-order chi connectivity index (χ1) is 5.97. The average Bonchev–Trinajstić information content (AvgIpc) is 2.26. The van der Waals surface area contributed by atoms with Gasteiger partial charge in [-0.25, -0.2) is 0 Å². The second kappa shape index (κ2) is 4.48. The minimum atomic E-state index is -6.30. The van der Waals surface area contributed by atoms with E-state index in [1.165, 1.54) is 0 Å². The van der Waals surface area contributed by atoms with E-state index in [1.54, 1.807) is 0 Å². The predicted molar refractivity (Wildman–Crippen MR) is 33.7 cm³/mol. The van der Waals surface area contributed by atoms with Crippen molar-refractivity contribution in [1.29, 1.82) is 31.6 Å². The van der Waals surface area contributed by atoms with Gasteiger partial charge in [0.05, 0.1) is 0 Å². The fraction of sp³-hybridized carbons (Fsp3) is 0. The number of hydrogen-bond acceptors (Lipinski definition) is 6. The maximum atomic E-state index is 8.58. The van der Waals surface area contributed by atoms with Crippen LogP contribution in [0.1, 0.15) is 0 Å². The average molecular weight is 342 g/mol. The molecule has 0 amide bonds. The van der Waals surface area contributed by atoms with Crippen LogP contribution in [0.4, 0.5) is 0 Å². The van der Waals surface area contributed by atoms with E-state index in [2.05, 4.69) is 0 Å². The summed E-state index contributed by atoms with van der Waals surface area (Å²) in [4.78, 5) is 6.25. The third-order valence-corrected chi connectivity index (χ3v) is 5.23. The topological polar surface area (TPSA) is 143 Å². The monoisotopic (exact) mass is 339 g/mol. The Hall–Kier alpha value is -1.29. The Bertz CT molecular complexity index is 395. The Morgan fingerprint density at radius 2 is 0.600 bits per heavy atom. The van der Waals surface area contributed by atoms with Crippen LogP contribution in [0, 0.1) is 61.4 Å². The molecule has 0 N–H and O–H groups in total. The minimum Gasteiger partial charge on any atom is 2.00 e. The molecular weight excluding hydrogens is 342 g/mol. The summed E-state index contributed by atoms with van der Waals surface area (Å²) in [7, 11) is -6.30. The van der Waals surface area contributed by atoms with Crippen LogP contribution in [-0.2, 0) is 49.7 Å². The Morgan fingerprint density at radius 3 is 0.600 bits per heavy atom. The van der Waals surface area contributed by atoms with Gasteiger partial charge in [0.25, 0.3) is 0 Å². The molecule has 0 fully saturated rings. The molecule has 0 aromatic carbocycles. The summed E-state index contributed by atoms with van der Waals surface area (Å²) < 4.78 is 0. The van der Waals surface area contributed by atoms with Crippen molar-refractivity contribution in [2.45, 2.75) is 0 Å². The van der Waals surface area contributed by atoms with Gasteiger partial charge in [0.2, 0.25) is 0 Å². The smallest absolute Gasteiger partial charge is 2.00 e. The van der Waals surface area contributed by atoms with Crippen molar-refractivity contribution in [3.05, 3.63) is 0 Å². The van der Waals surface area contributed by atoms with Crippen LogP contribution in [0.5, 0.6) is 0 Å². The summed E-state index contributed by atoms with van der Waals surface area (Å²) in [6.07, 6.45) is 0. The van der Waals surface area contributed by atoms with E-state index in [0.717, 1.165) is 29.8 Å². The van der Waals surface area contributed by atoms with Gasteiger partial charge < -0.3 is 0 Å². The van der Waals surface area contributed by atoms with Crippen LogP contribution in [0.15, 0.2) is 0 Å². The molecule has 0 unspecified atom stereocenters. The largest absolute Gasteiger partial charge is 2.00 e. The zero-order valence-electron chi connectivity index (χ0n) is 7.48. The molecular formula is C6MnN6Zn2. The van der Waals surface area contributed by atoms with E-state index in [4.69, 9.17) is 31.6 Å². The Kier molecular flexibility index (Phi) is 5.77. The molecule has 0 aliphatic heterocycles. The van der Waals surface area contributed by atoms with Crippen molar-refractivity contribution >= 4 is 0 Å². The summed E-state index contributed by atoms with van der Waals surface area (Å²) in [5.74, 6) is 0. The number of nitriles is 6. The normalized spacial score (nSPS) is 11.6. The first kappa shape index (κ1) is 19.3. The second-order valence-electron chi connectivity index (χ2n) is 1.92. The molecule has 65 valence electrons. The van der Waals surface area contributed by atoms with E-state index in [-0.39, 0.29) is 39.0 Å². The van der Waals surface area contributed by atoms with Crippen LogP contribution in [-0.4, -0.2) is 0 Å². The van der Waals surface area contributed by atoms with Crippen LogP contribution in [0.2, 0.25) is 0 Å². The molecule has 0 saturated carbocycles. The predicted octanol–water partition coefficient (Wildman–Crippen LogP) is 0.0932. The van der Waals surface area contributed by atoms with E-state index in [0.29, 0.717) is 0 Å². The van der Waals surface area contributed by atoms with Crippen LogP contribution >= 0.6 is 0 Å². The fourth-order valence-electron chi connectivity index (χ4n) is 0.283. The summed E-state index contributed by atoms with van der Waals surface area (Å²) in [6, 6.07) is 0. The first-order valence-electron chi connectivity index (χ1n) is 2.48. The standard InChI is InChI=1S/6CN.Mn.2Zn/c6*1-2;;;/q;;;;;;-4;2*+2.